The molecule has 0 radical (unpaired) electrons. The fourth-order valence-electron chi connectivity index (χ4n) is 1.58. The molecule has 0 saturated heterocycles. The summed E-state index contributed by atoms with van der Waals surface area (Å²) in [6.07, 6.45) is 0.689. The second kappa shape index (κ2) is 6.14. The second-order valence-corrected chi connectivity index (χ2v) is 5.38. The lowest BCUT2D eigenvalue weighted by atomic mass is 10.2. The van der Waals surface area contributed by atoms with E-state index in [9.17, 15) is 4.79 Å². The number of anilines is 1. The van der Waals surface area contributed by atoms with E-state index >= 15 is 0 Å². The largest absolute Gasteiger partial charge is 0.330 e. The molecule has 0 bridgehead atoms. The molecule has 1 heterocycles. The summed E-state index contributed by atoms with van der Waals surface area (Å²) in [5.41, 5.74) is 7.41. The number of nitrogens with two attached hydrogens (primary N) is 1. The van der Waals surface area contributed by atoms with Gasteiger partial charge < -0.3 is 11.1 Å². The minimum atomic E-state index is -0.232. The Hall–Kier alpha value is -1.43. The van der Waals surface area contributed by atoms with Gasteiger partial charge in [0.25, 0.3) is 5.91 Å². The van der Waals surface area contributed by atoms with Gasteiger partial charge in [0, 0.05) is 22.5 Å². The molecule has 6 heteroatoms. The maximum atomic E-state index is 12.1. The number of carbonyl (C=O) groups is 1. The third-order valence-corrected chi connectivity index (χ3v) is 3.98. The molecule has 100 valence electrons. The van der Waals surface area contributed by atoms with Crippen LogP contribution < -0.4 is 11.1 Å². The maximum absolute atomic E-state index is 12.1. The Morgan fingerprint density at radius 3 is 3.05 bits per heavy atom. The van der Waals surface area contributed by atoms with Gasteiger partial charge in [-0.2, -0.15) is 0 Å². The number of aromatic nitrogens is 1. The van der Waals surface area contributed by atoms with E-state index in [4.69, 9.17) is 17.3 Å². The highest BCUT2D eigenvalue weighted by Gasteiger charge is 2.12. The van der Waals surface area contributed by atoms with Crippen molar-refractivity contribution in [3.63, 3.8) is 0 Å². The zero-order valence-corrected chi connectivity index (χ0v) is 12.0. The average molecular weight is 296 g/mol. The van der Waals surface area contributed by atoms with Crippen molar-refractivity contribution < 1.29 is 4.79 Å². The fraction of sp³-hybridized carbons (Fsp3) is 0.231. The number of benzene rings is 1. The molecule has 0 aliphatic rings. The number of nitrogens with zero attached hydrogens (tertiary/aromatic N) is 1. The molecule has 2 aromatic rings. The van der Waals surface area contributed by atoms with Gasteiger partial charge in [0.05, 0.1) is 5.01 Å². The van der Waals surface area contributed by atoms with E-state index in [0.29, 0.717) is 29.4 Å². The predicted molar refractivity (Wildman–Crippen MR) is 79.0 cm³/mol. The van der Waals surface area contributed by atoms with Gasteiger partial charge in [0.1, 0.15) is 5.69 Å². The Labute approximate surface area is 120 Å². The summed E-state index contributed by atoms with van der Waals surface area (Å²) in [7, 11) is 0. The summed E-state index contributed by atoms with van der Waals surface area (Å²) in [6.45, 7) is 2.39. The van der Waals surface area contributed by atoms with Crippen LogP contribution in [0.1, 0.15) is 21.1 Å². The smallest absolute Gasteiger partial charge is 0.275 e. The molecular formula is C13H14ClN3OS. The molecule has 4 nitrogen and oxygen atoms in total. The van der Waals surface area contributed by atoms with Crippen LogP contribution in [-0.2, 0) is 6.42 Å². The molecule has 0 spiro atoms. The molecule has 0 aliphatic heterocycles. The summed E-state index contributed by atoms with van der Waals surface area (Å²) in [6, 6.07) is 5.40. The van der Waals surface area contributed by atoms with Crippen LogP contribution in [0, 0.1) is 6.92 Å². The number of carbonyl (C=O) groups excluding carboxylic acids is 1. The first-order valence-corrected chi connectivity index (χ1v) is 7.08. The van der Waals surface area contributed by atoms with Crippen molar-refractivity contribution in [3.8, 4) is 0 Å². The normalized spacial score (nSPS) is 10.5. The Kier molecular flexibility index (Phi) is 4.52. The van der Waals surface area contributed by atoms with Crippen molar-refractivity contribution in [2.75, 3.05) is 11.9 Å². The SMILES string of the molecule is Cc1c(Cl)cccc1NC(=O)c1csc(CCN)n1. The number of hydrogen-bond donors (Lipinski definition) is 2. The zero-order chi connectivity index (χ0) is 13.8. The van der Waals surface area contributed by atoms with Gasteiger partial charge in [-0.25, -0.2) is 4.98 Å². The molecular weight excluding hydrogens is 282 g/mol. The van der Waals surface area contributed by atoms with Crippen molar-refractivity contribution >= 4 is 34.5 Å². The van der Waals surface area contributed by atoms with Gasteiger partial charge in [-0.1, -0.05) is 17.7 Å². The minimum absolute atomic E-state index is 0.232. The molecule has 0 aliphatic carbocycles. The molecule has 0 fully saturated rings. The standard InChI is InChI=1S/C13H14ClN3OS/c1-8-9(14)3-2-4-10(8)17-13(18)11-7-19-12(16-11)5-6-15/h2-4,7H,5-6,15H2,1H3,(H,17,18). The minimum Gasteiger partial charge on any atom is -0.330 e. The van der Waals surface area contributed by atoms with Crippen molar-refractivity contribution in [1.29, 1.82) is 0 Å². The first-order valence-electron chi connectivity index (χ1n) is 5.82. The Morgan fingerprint density at radius 2 is 2.32 bits per heavy atom. The Balaban J connectivity index is 2.14. The molecule has 0 unspecified atom stereocenters. The van der Waals surface area contributed by atoms with Gasteiger partial charge in [-0.3, -0.25) is 4.79 Å². The van der Waals surface area contributed by atoms with Gasteiger partial charge in [0.15, 0.2) is 0 Å². The lowest BCUT2D eigenvalue weighted by Gasteiger charge is -2.08. The molecule has 2 rings (SSSR count). The monoisotopic (exact) mass is 295 g/mol. The predicted octanol–water partition coefficient (Wildman–Crippen LogP) is 2.86. The zero-order valence-electron chi connectivity index (χ0n) is 10.4. The van der Waals surface area contributed by atoms with Crippen molar-refractivity contribution in [2.24, 2.45) is 5.73 Å². The van der Waals surface area contributed by atoms with Crippen molar-refractivity contribution in [1.82, 2.24) is 4.98 Å². The molecule has 1 amide bonds. The summed E-state index contributed by atoms with van der Waals surface area (Å²) in [5.74, 6) is -0.232. The number of amides is 1. The summed E-state index contributed by atoms with van der Waals surface area (Å²) in [5, 5.41) is 6.04. The maximum Gasteiger partial charge on any atom is 0.275 e. The van der Waals surface area contributed by atoms with Crippen LogP contribution in [-0.4, -0.2) is 17.4 Å². The van der Waals surface area contributed by atoms with Crippen LogP contribution in [0.2, 0.25) is 5.02 Å². The van der Waals surface area contributed by atoms with Gasteiger partial charge in [0.2, 0.25) is 0 Å². The van der Waals surface area contributed by atoms with Crippen molar-refractivity contribution in [2.45, 2.75) is 13.3 Å². The molecule has 0 saturated carbocycles. The first kappa shape index (κ1) is 14.0. The lowest BCUT2D eigenvalue weighted by molar-refractivity contribution is 0.102. The number of halogens is 1. The van der Waals surface area contributed by atoms with Crippen LogP contribution >= 0.6 is 22.9 Å². The molecule has 0 atom stereocenters. The number of nitrogens with one attached hydrogen (secondary N) is 1. The van der Waals surface area contributed by atoms with Gasteiger partial charge >= 0.3 is 0 Å². The van der Waals surface area contributed by atoms with E-state index in [1.807, 2.05) is 13.0 Å². The molecule has 1 aromatic carbocycles. The highest BCUT2D eigenvalue weighted by molar-refractivity contribution is 7.09. The number of hydrogen-bond acceptors (Lipinski definition) is 4. The van der Waals surface area contributed by atoms with E-state index in [2.05, 4.69) is 10.3 Å². The van der Waals surface area contributed by atoms with Crippen LogP contribution in [0.3, 0.4) is 0 Å². The van der Waals surface area contributed by atoms with Crippen LogP contribution in [0.4, 0.5) is 5.69 Å². The summed E-state index contributed by atoms with van der Waals surface area (Å²) >= 11 is 7.45. The second-order valence-electron chi connectivity index (χ2n) is 4.03. The third-order valence-electron chi connectivity index (χ3n) is 2.66. The van der Waals surface area contributed by atoms with E-state index in [-0.39, 0.29) is 5.91 Å². The average Bonchev–Trinajstić information content (AvgIpc) is 2.84. The molecule has 3 N–H and O–H groups in total. The van der Waals surface area contributed by atoms with Crippen molar-refractivity contribution in [3.05, 3.63) is 44.9 Å². The number of thiazole rings is 1. The van der Waals surface area contributed by atoms with E-state index < -0.39 is 0 Å². The van der Waals surface area contributed by atoms with E-state index in [0.717, 1.165) is 10.6 Å². The summed E-state index contributed by atoms with van der Waals surface area (Å²) < 4.78 is 0. The Morgan fingerprint density at radius 1 is 1.53 bits per heavy atom. The third kappa shape index (κ3) is 3.32. The highest BCUT2D eigenvalue weighted by atomic mass is 35.5. The number of rotatable bonds is 4. The summed E-state index contributed by atoms with van der Waals surface area (Å²) in [4.78, 5) is 16.3. The topological polar surface area (TPSA) is 68.0 Å². The van der Waals surface area contributed by atoms with E-state index in [1.165, 1.54) is 11.3 Å². The van der Waals surface area contributed by atoms with Crippen LogP contribution in [0.25, 0.3) is 0 Å². The van der Waals surface area contributed by atoms with Gasteiger partial charge in [-0.15, -0.1) is 11.3 Å². The highest BCUT2D eigenvalue weighted by Crippen LogP contribution is 2.23. The fourth-order valence-corrected chi connectivity index (χ4v) is 2.55. The lowest BCUT2D eigenvalue weighted by Crippen LogP contribution is -2.13. The van der Waals surface area contributed by atoms with E-state index in [1.54, 1.807) is 17.5 Å². The molecule has 19 heavy (non-hydrogen) atoms. The van der Waals surface area contributed by atoms with Crippen LogP contribution in [0.15, 0.2) is 23.6 Å². The Bertz CT molecular complexity index is 597. The molecule has 1 aromatic heterocycles. The van der Waals surface area contributed by atoms with Gasteiger partial charge in [-0.05, 0) is 31.2 Å². The first-order chi connectivity index (χ1) is 9.11. The van der Waals surface area contributed by atoms with Crippen LogP contribution in [0.5, 0.6) is 0 Å². The quantitative estimate of drug-likeness (QED) is 0.911.